The Bertz CT molecular complexity index is 542. The third-order valence-electron chi connectivity index (χ3n) is 2.59. The van der Waals surface area contributed by atoms with Gasteiger partial charge in [0, 0.05) is 11.5 Å². The number of aliphatic hydroxyl groups is 1. The van der Waals surface area contributed by atoms with E-state index in [9.17, 15) is 9.90 Å². The van der Waals surface area contributed by atoms with Gasteiger partial charge >= 0.3 is 5.63 Å². The van der Waals surface area contributed by atoms with Crippen LogP contribution >= 0.6 is 0 Å². The Morgan fingerprint density at radius 2 is 2.06 bits per heavy atom. The highest BCUT2D eigenvalue weighted by molar-refractivity contribution is 5.76. The molecule has 84 valence electrons. The fourth-order valence-electron chi connectivity index (χ4n) is 1.72. The van der Waals surface area contributed by atoms with Crippen molar-refractivity contribution in [3.05, 3.63) is 46.3 Å². The molecule has 3 nitrogen and oxygen atoms in total. The van der Waals surface area contributed by atoms with Crippen molar-refractivity contribution < 1.29 is 9.52 Å². The van der Waals surface area contributed by atoms with Crippen LogP contribution < -0.4 is 5.63 Å². The molecule has 0 amide bonds. The molecule has 0 fully saturated rings. The molecule has 0 saturated carbocycles. The number of aliphatic hydroxyl groups excluding tert-OH is 1. The van der Waals surface area contributed by atoms with Crippen molar-refractivity contribution in [3.8, 4) is 0 Å². The van der Waals surface area contributed by atoms with Gasteiger partial charge in [-0.3, -0.25) is 0 Å². The Labute approximate surface area is 93.3 Å². The second kappa shape index (κ2) is 4.49. The minimum absolute atomic E-state index is 0.366. The lowest BCUT2D eigenvalue weighted by atomic mass is 10.0. The molecule has 1 aromatic carbocycles. The summed E-state index contributed by atoms with van der Waals surface area (Å²) in [5.74, 6) is 0. The zero-order valence-electron chi connectivity index (χ0n) is 9.14. The van der Waals surface area contributed by atoms with Gasteiger partial charge in [0.2, 0.25) is 0 Å². The maximum Gasteiger partial charge on any atom is 0.336 e. The fraction of sp³-hybridized carbons (Fsp3) is 0.308. The lowest BCUT2D eigenvalue weighted by molar-refractivity contribution is 0.166. The largest absolute Gasteiger partial charge is 0.423 e. The third kappa shape index (κ3) is 2.14. The summed E-state index contributed by atoms with van der Waals surface area (Å²) in [4.78, 5) is 11.1. The van der Waals surface area contributed by atoms with Gasteiger partial charge in [-0.25, -0.2) is 4.79 Å². The molecule has 0 spiro atoms. The highest BCUT2D eigenvalue weighted by Crippen LogP contribution is 2.22. The maximum atomic E-state index is 11.1. The second-order valence-electron chi connectivity index (χ2n) is 3.86. The average Bonchev–Trinajstić information content (AvgIpc) is 2.28. The second-order valence-corrected chi connectivity index (χ2v) is 3.86. The minimum atomic E-state index is -0.486. The molecular weight excluding hydrogens is 204 g/mol. The van der Waals surface area contributed by atoms with E-state index in [1.54, 1.807) is 12.1 Å². The van der Waals surface area contributed by atoms with Crippen LogP contribution in [-0.4, -0.2) is 5.11 Å². The van der Waals surface area contributed by atoms with Gasteiger partial charge < -0.3 is 9.52 Å². The highest BCUT2D eigenvalue weighted by atomic mass is 16.4. The summed E-state index contributed by atoms with van der Waals surface area (Å²) in [5.41, 5.74) is 0.957. The van der Waals surface area contributed by atoms with Gasteiger partial charge in [0.25, 0.3) is 0 Å². The Kier molecular flexibility index (Phi) is 3.06. The highest BCUT2D eigenvalue weighted by Gasteiger charge is 2.07. The lowest BCUT2D eigenvalue weighted by Crippen LogP contribution is -1.98. The number of rotatable bonds is 3. The Hall–Kier alpha value is -1.61. The van der Waals surface area contributed by atoms with Gasteiger partial charge in [0.15, 0.2) is 0 Å². The van der Waals surface area contributed by atoms with Crippen LogP contribution in [0.1, 0.15) is 31.4 Å². The Morgan fingerprint density at radius 3 is 2.81 bits per heavy atom. The molecule has 2 rings (SSSR count). The summed E-state index contributed by atoms with van der Waals surface area (Å²) in [6, 6.07) is 8.56. The van der Waals surface area contributed by atoms with Crippen molar-refractivity contribution in [2.45, 2.75) is 25.9 Å². The van der Waals surface area contributed by atoms with Crippen LogP contribution in [0.25, 0.3) is 11.0 Å². The van der Waals surface area contributed by atoms with Gasteiger partial charge in [-0.05, 0) is 24.1 Å². The molecule has 0 aliphatic heterocycles. The smallest absolute Gasteiger partial charge is 0.336 e. The van der Waals surface area contributed by atoms with E-state index < -0.39 is 6.10 Å². The molecule has 0 radical (unpaired) electrons. The molecule has 3 heteroatoms. The topological polar surface area (TPSA) is 50.4 Å². The molecule has 1 heterocycles. The molecule has 1 aromatic heterocycles. The van der Waals surface area contributed by atoms with E-state index in [1.807, 2.05) is 19.1 Å². The summed E-state index contributed by atoms with van der Waals surface area (Å²) < 4.78 is 5.06. The van der Waals surface area contributed by atoms with E-state index in [2.05, 4.69) is 0 Å². The molecule has 0 aliphatic rings. The average molecular weight is 218 g/mol. The lowest BCUT2D eigenvalue weighted by Gasteiger charge is -2.09. The van der Waals surface area contributed by atoms with E-state index in [1.165, 1.54) is 6.07 Å². The third-order valence-corrected chi connectivity index (χ3v) is 2.59. The van der Waals surface area contributed by atoms with Crippen LogP contribution in [0.3, 0.4) is 0 Å². The van der Waals surface area contributed by atoms with Gasteiger partial charge in [0.05, 0.1) is 6.10 Å². The number of hydrogen-bond donors (Lipinski definition) is 1. The summed E-state index contributed by atoms with van der Waals surface area (Å²) in [7, 11) is 0. The molecular formula is C13H14O3. The normalized spacial score (nSPS) is 12.9. The van der Waals surface area contributed by atoms with Crippen LogP contribution in [0.5, 0.6) is 0 Å². The van der Waals surface area contributed by atoms with E-state index in [0.29, 0.717) is 12.0 Å². The van der Waals surface area contributed by atoms with Gasteiger partial charge in [-0.1, -0.05) is 25.5 Å². The molecule has 1 unspecified atom stereocenters. The molecule has 16 heavy (non-hydrogen) atoms. The molecule has 0 aliphatic carbocycles. The zero-order valence-corrected chi connectivity index (χ0v) is 9.14. The molecule has 1 atom stereocenters. The van der Waals surface area contributed by atoms with Crippen LogP contribution in [-0.2, 0) is 0 Å². The summed E-state index contributed by atoms with van der Waals surface area (Å²) in [6.07, 6.45) is 1.14. The zero-order chi connectivity index (χ0) is 11.5. The van der Waals surface area contributed by atoms with Crippen molar-refractivity contribution in [3.63, 3.8) is 0 Å². The molecule has 2 aromatic rings. The summed E-state index contributed by atoms with van der Waals surface area (Å²) in [5, 5.41) is 10.7. The number of benzene rings is 1. The van der Waals surface area contributed by atoms with Crippen LogP contribution in [0.2, 0.25) is 0 Å². The van der Waals surface area contributed by atoms with E-state index in [-0.39, 0.29) is 5.63 Å². The van der Waals surface area contributed by atoms with Gasteiger partial charge in [-0.15, -0.1) is 0 Å². The first kappa shape index (κ1) is 10.9. The van der Waals surface area contributed by atoms with Crippen LogP contribution in [0, 0.1) is 0 Å². The Balaban J connectivity index is 2.46. The van der Waals surface area contributed by atoms with Crippen LogP contribution in [0.15, 0.2) is 39.5 Å². The SMILES string of the molecule is CCCC(O)c1ccc2ccc(=O)oc2c1. The predicted molar refractivity (Wildman–Crippen MR) is 62.4 cm³/mol. The van der Waals surface area contributed by atoms with E-state index >= 15 is 0 Å². The van der Waals surface area contributed by atoms with Crippen molar-refractivity contribution in [2.24, 2.45) is 0 Å². The summed E-state index contributed by atoms with van der Waals surface area (Å²) in [6.45, 7) is 2.02. The monoisotopic (exact) mass is 218 g/mol. The maximum absolute atomic E-state index is 11.1. The number of hydrogen-bond acceptors (Lipinski definition) is 3. The van der Waals surface area contributed by atoms with Crippen molar-refractivity contribution in [1.82, 2.24) is 0 Å². The first-order valence-electron chi connectivity index (χ1n) is 5.42. The Morgan fingerprint density at radius 1 is 1.31 bits per heavy atom. The first-order chi connectivity index (χ1) is 7.70. The molecule has 1 N–H and O–H groups in total. The van der Waals surface area contributed by atoms with Crippen LogP contribution in [0.4, 0.5) is 0 Å². The first-order valence-corrected chi connectivity index (χ1v) is 5.42. The molecule has 0 saturated heterocycles. The van der Waals surface area contributed by atoms with E-state index in [4.69, 9.17) is 4.42 Å². The van der Waals surface area contributed by atoms with Gasteiger partial charge in [0.1, 0.15) is 5.58 Å². The summed E-state index contributed by atoms with van der Waals surface area (Å²) >= 11 is 0. The quantitative estimate of drug-likeness (QED) is 0.806. The van der Waals surface area contributed by atoms with E-state index in [0.717, 1.165) is 17.4 Å². The van der Waals surface area contributed by atoms with Gasteiger partial charge in [-0.2, -0.15) is 0 Å². The van der Waals surface area contributed by atoms with Crippen molar-refractivity contribution in [2.75, 3.05) is 0 Å². The molecule has 0 bridgehead atoms. The van der Waals surface area contributed by atoms with Crippen molar-refractivity contribution in [1.29, 1.82) is 0 Å². The minimum Gasteiger partial charge on any atom is -0.423 e. The predicted octanol–water partition coefficient (Wildman–Crippen LogP) is 2.63. The number of fused-ring (bicyclic) bond motifs is 1. The standard InChI is InChI=1S/C13H14O3/c1-2-3-11(14)10-5-4-9-6-7-13(15)16-12(9)8-10/h4-8,11,14H,2-3H2,1H3. The fourth-order valence-corrected chi connectivity index (χ4v) is 1.72. The van der Waals surface area contributed by atoms with Crippen molar-refractivity contribution >= 4 is 11.0 Å².